The number of nitrogens with two attached hydrogens (primary N) is 1. The fourth-order valence-corrected chi connectivity index (χ4v) is 1.78. The van der Waals surface area contributed by atoms with Crippen LogP contribution in [0, 0.1) is 0 Å². The van der Waals surface area contributed by atoms with Gasteiger partial charge in [-0.25, -0.2) is 0 Å². The summed E-state index contributed by atoms with van der Waals surface area (Å²) in [4.78, 5) is 22.6. The molecule has 0 aromatic heterocycles. The molecule has 6 nitrogen and oxygen atoms in total. The molecule has 1 aromatic rings. The molecule has 2 amide bonds. The van der Waals surface area contributed by atoms with E-state index in [1.807, 2.05) is 38.1 Å². The van der Waals surface area contributed by atoms with E-state index in [0.29, 0.717) is 6.54 Å². The highest BCUT2D eigenvalue weighted by Gasteiger charge is 2.21. The predicted octanol–water partition coefficient (Wildman–Crippen LogP) is 0.586. The van der Waals surface area contributed by atoms with Crippen LogP contribution in [-0.4, -0.2) is 38.6 Å². The van der Waals surface area contributed by atoms with Crippen LogP contribution in [0.2, 0.25) is 0 Å². The first-order valence-corrected chi connectivity index (χ1v) is 6.77. The topological polar surface area (TPSA) is 93.5 Å². The first-order chi connectivity index (χ1) is 9.89. The minimum absolute atomic E-state index is 0. The molecule has 0 bridgehead atoms. The Kier molecular flexibility index (Phi) is 8.52. The summed E-state index contributed by atoms with van der Waals surface area (Å²) in [6.07, 6.45) is 0. The van der Waals surface area contributed by atoms with E-state index in [4.69, 9.17) is 10.5 Å². The first kappa shape index (κ1) is 20.2. The predicted molar refractivity (Wildman–Crippen MR) is 88.3 cm³/mol. The van der Waals surface area contributed by atoms with Crippen LogP contribution in [0.1, 0.15) is 19.4 Å². The second-order valence-corrected chi connectivity index (χ2v) is 5.37. The molecule has 7 heteroatoms. The Morgan fingerprint density at radius 3 is 2.23 bits per heavy atom. The highest BCUT2D eigenvalue weighted by molar-refractivity contribution is 5.85. The van der Waals surface area contributed by atoms with Crippen molar-refractivity contribution in [3.63, 3.8) is 0 Å². The Bertz CT molecular complexity index is 489. The van der Waals surface area contributed by atoms with Crippen molar-refractivity contribution in [1.82, 2.24) is 10.6 Å². The lowest BCUT2D eigenvalue weighted by molar-refractivity contribution is -0.125. The first-order valence-electron chi connectivity index (χ1n) is 6.77. The average Bonchev–Trinajstić information content (AvgIpc) is 2.50. The van der Waals surface area contributed by atoms with Crippen molar-refractivity contribution < 1.29 is 14.3 Å². The number of amides is 2. The molecule has 124 valence electrons. The molecule has 0 atom stereocenters. The van der Waals surface area contributed by atoms with Gasteiger partial charge in [-0.05, 0) is 17.7 Å². The minimum Gasteiger partial charge on any atom is -0.497 e. The summed E-state index contributed by atoms with van der Waals surface area (Å²) < 4.78 is 5.12. The smallest absolute Gasteiger partial charge is 0.239 e. The van der Waals surface area contributed by atoms with Crippen molar-refractivity contribution in [1.29, 1.82) is 0 Å². The van der Waals surface area contributed by atoms with Gasteiger partial charge < -0.3 is 21.1 Å². The van der Waals surface area contributed by atoms with Crippen molar-refractivity contribution in [2.24, 2.45) is 5.73 Å². The largest absolute Gasteiger partial charge is 0.497 e. The van der Waals surface area contributed by atoms with Gasteiger partial charge in [0.1, 0.15) is 5.75 Å². The zero-order chi connectivity index (χ0) is 15.9. The number of methoxy groups -OCH3 is 1. The van der Waals surface area contributed by atoms with Gasteiger partial charge in [-0.15, -0.1) is 12.4 Å². The summed E-state index contributed by atoms with van der Waals surface area (Å²) >= 11 is 0. The molecule has 22 heavy (non-hydrogen) atoms. The van der Waals surface area contributed by atoms with E-state index < -0.39 is 0 Å². The van der Waals surface area contributed by atoms with Gasteiger partial charge in [0.05, 0.1) is 20.2 Å². The van der Waals surface area contributed by atoms with Crippen LogP contribution < -0.4 is 21.1 Å². The van der Waals surface area contributed by atoms with E-state index in [9.17, 15) is 9.59 Å². The van der Waals surface area contributed by atoms with E-state index in [0.717, 1.165) is 11.3 Å². The number of hydrogen-bond acceptors (Lipinski definition) is 4. The van der Waals surface area contributed by atoms with E-state index in [2.05, 4.69) is 10.6 Å². The maximum atomic E-state index is 11.7. The third kappa shape index (κ3) is 6.32. The number of nitrogens with one attached hydrogen (secondary N) is 2. The SMILES string of the molecule is COc1ccc(C(C)(C)CNC(=O)CNC(=O)CN)cc1.Cl. The Hall–Kier alpha value is -1.79. The number of halogens is 1. The van der Waals surface area contributed by atoms with Crippen LogP contribution in [0.25, 0.3) is 0 Å². The molecule has 0 aliphatic heterocycles. The fourth-order valence-electron chi connectivity index (χ4n) is 1.78. The second-order valence-electron chi connectivity index (χ2n) is 5.37. The van der Waals surface area contributed by atoms with Crippen molar-refractivity contribution in [2.75, 3.05) is 26.7 Å². The van der Waals surface area contributed by atoms with E-state index in [1.54, 1.807) is 7.11 Å². The molecule has 0 saturated heterocycles. The summed E-state index contributed by atoms with van der Waals surface area (Å²) in [6.45, 7) is 4.36. The molecule has 0 spiro atoms. The van der Waals surface area contributed by atoms with Crippen molar-refractivity contribution in [2.45, 2.75) is 19.3 Å². The Morgan fingerprint density at radius 2 is 1.73 bits per heavy atom. The molecule has 0 aliphatic carbocycles. The number of rotatable bonds is 7. The molecule has 0 unspecified atom stereocenters. The standard InChI is InChI=1S/C15H23N3O3.ClH/c1-15(2,11-4-6-12(21-3)7-5-11)10-18-14(20)9-17-13(19)8-16;/h4-7H,8-10,16H2,1-3H3,(H,17,19)(H,18,20);1H. The van der Waals surface area contributed by atoms with Gasteiger partial charge >= 0.3 is 0 Å². The van der Waals surface area contributed by atoms with Crippen molar-refractivity contribution in [3.8, 4) is 5.75 Å². The molecule has 0 fully saturated rings. The zero-order valence-electron chi connectivity index (χ0n) is 13.1. The highest BCUT2D eigenvalue weighted by Crippen LogP contribution is 2.24. The van der Waals surface area contributed by atoms with E-state index in [-0.39, 0.29) is 42.7 Å². The van der Waals surface area contributed by atoms with Crippen LogP contribution in [0.4, 0.5) is 0 Å². The number of ether oxygens (including phenoxy) is 1. The minimum atomic E-state index is -0.348. The second kappa shape index (κ2) is 9.27. The summed E-state index contributed by atoms with van der Waals surface area (Å²) in [7, 11) is 1.62. The molecule has 4 N–H and O–H groups in total. The quantitative estimate of drug-likeness (QED) is 0.682. The monoisotopic (exact) mass is 329 g/mol. The van der Waals surface area contributed by atoms with Crippen LogP contribution in [-0.2, 0) is 15.0 Å². The Morgan fingerprint density at radius 1 is 1.14 bits per heavy atom. The fraction of sp³-hybridized carbons (Fsp3) is 0.467. The lowest BCUT2D eigenvalue weighted by Crippen LogP contribution is -2.43. The third-order valence-electron chi connectivity index (χ3n) is 3.23. The third-order valence-corrected chi connectivity index (χ3v) is 3.23. The number of carbonyl (C=O) groups excluding carboxylic acids is 2. The average molecular weight is 330 g/mol. The van der Waals surface area contributed by atoms with Crippen molar-refractivity contribution in [3.05, 3.63) is 29.8 Å². The molecule has 0 heterocycles. The van der Waals surface area contributed by atoms with Crippen LogP contribution in [0.3, 0.4) is 0 Å². The molecule has 1 aromatic carbocycles. The molecule has 0 aliphatic rings. The highest BCUT2D eigenvalue weighted by atomic mass is 35.5. The molecule has 1 rings (SSSR count). The molecular weight excluding hydrogens is 306 g/mol. The van der Waals surface area contributed by atoms with Gasteiger partial charge in [-0.1, -0.05) is 26.0 Å². The van der Waals surface area contributed by atoms with E-state index in [1.165, 1.54) is 0 Å². The number of benzene rings is 1. The number of hydrogen-bond donors (Lipinski definition) is 3. The summed E-state index contributed by atoms with van der Waals surface area (Å²) in [5, 5.41) is 5.23. The Labute approximate surface area is 137 Å². The van der Waals surface area contributed by atoms with Gasteiger partial charge in [0.15, 0.2) is 0 Å². The Balaban J connectivity index is 0.00000441. The van der Waals surface area contributed by atoms with Crippen LogP contribution >= 0.6 is 12.4 Å². The maximum absolute atomic E-state index is 11.7. The summed E-state index contributed by atoms with van der Waals surface area (Å²) in [5.74, 6) is 0.209. The van der Waals surface area contributed by atoms with E-state index >= 15 is 0 Å². The van der Waals surface area contributed by atoms with Crippen LogP contribution in [0.5, 0.6) is 5.75 Å². The molecule has 0 saturated carbocycles. The maximum Gasteiger partial charge on any atom is 0.239 e. The zero-order valence-corrected chi connectivity index (χ0v) is 14.0. The van der Waals surface area contributed by atoms with Gasteiger partial charge in [-0.3, -0.25) is 9.59 Å². The van der Waals surface area contributed by atoms with Gasteiger partial charge in [-0.2, -0.15) is 0 Å². The molecular formula is C15H24ClN3O3. The van der Waals surface area contributed by atoms with Crippen LogP contribution in [0.15, 0.2) is 24.3 Å². The molecule has 0 radical (unpaired) electrons. The van der Waals surface area contributed by atoms with Gasteiger partial charge in [0.25, 0.3) is 0 Å². The van der Waals surface area contributed by atoms with Crippen molar-refractivity contribution >= 4 is 24.2 Å². The summed E-state index contributed by atoms with van der Waals surface area (Å²) in [6, 6.07) is 7.73. The normalized spacial score (nSPS) is 10.4. The van der Waals surface area contributed by atoms with Gasteiger partial charge in [0.2, 0.25) is 11.8 Å². The summed E-state index contributed by atoms with van der Waals surface area (Å²) in [5.41, 5.74) is 6.02. The lowest BCUT2D eigenvalue weighted by Gasteiger charge is -2.26. The lowest BCUT2D eigenvalue weighted by atomic mass is 9.84. The van der Waals surface area contributed by atoms with Gasteiger partial charge in [0, 0.05) is 12.0 Å². The number of carbonyl (C=O) groups is 2.